The molecule has 3 N–H and O–H groups in total. The zero-order valence-electron chi connectivity index (χ0n) is 12.4. The van der Waals surface area contributed by atoms with Crippen LogP contribution in [0.15, 0.2) is 48.8 Å². The molecule has 0 radical (unpaired) electrons. The minimum absolute atomic E-state index is 0.0338. The first-order chi connectivity index (χ1) is 10.1. The second kappa shape index (κ2) is 6.88. The second-order valence-corrected chi connectivity index (χ2v) is 5.23. The van der Waals surface area contributed by atoms with Crippen molar-refractivity contribution in [1.82, 2.24) is 4.98 Å². The molecule has 2 atom stereocenters. The molecule has 2 unspecified atom stereocenters. The van der Waals surface area contributed by atoms with Gasteiger partial charge in [-0.05, 0) is 17.5 Å². The summed E-state index contributed by atoms with van der Waals surface area (Å²) in [7, 11) is 0. The number of nitrogen functional groups attached to an aromatic ring is 1. The van der Waals surface area contributed by atoms with Gasteiger partial charge >= 0.3 is 0 Å². The summed E-state index contributed by atoms with van der Waals surface area (Å²) in [6, 6.07) is 11.6. The van der Waals surface area contributed by atoms with Gasteiger partial charge in [0, 0.05) is 6.20 Å². The molecule has 0 aliphatic heterocycles. The highest BCUT2D eigenvalue weighted by atomic mass is 16.1. The molecule has 0 bridgehead atoms. The molecular weight excluding hydrogens is 262 g/mol. The van der Waals surface area contributed by atoms with Gasteiger partial charge in [0.05, 0.1) is 23.5 Å². The number of hydrogen-bond donors (Lipinski definition) is 2. The molecule has 0 saturated heterocycles. The molecule has 110 valence electrons. The average Bonchev–Trinajstić information content (AvgIpc) is 2.50. The van der Waals surface area contributed by atoms with Crippen molar-refractivity contribution < 1.29 is 4.79 Å². The maximum atomic E-state index is 12.7. The molecule has 2 rings (SSSR count). The summed E-state index contributed by atoms with van der Waals surface area (Å²) in [6.07, 6.45) is 4.09. The van der Waals surface area contributed by atoms with Crippen LogP contribution in [0.1, 0.15) is 31.7 Å². The Morgan fingerprint density at radius 1 is 1.29 bits per heavy atom. The first-order valence-electron chi connectivity index (χ1n) is 7.18. The van der Waals surface area contributed by atoms with E-state index in [0.717, 1.165) is 12.0 Å². The van der Waals surface area contributed by atoms with Crippen LogP contribution in [0.2, 0.25) is 0 Å². The molecule has 4 nitrogen and oxygen atoms in total. The van der Waals surface area contributed by atoms with Crippen molar-refractivity contribution in [2.24, 2.45) is 5.92 Å². The number of nitrogens with one attached hydrogen (secondary N) is 1. The number of aromatic nitrogens is 1. The number of nitrogens with zero attached hydrogens (tertiary/aromatic N) is 1. The molecule has 0 spiro atoms. The molecule has 1 amide bonds. The Bertz CT molecular complexity index is 598. The van der Waals surface area contributed by atoms with Gasteiger partial charge in [-0.2, -0.15) is 0 Å². The fourth-order valence-electron chi connectivity index (χ4n) is 2.37. The van der Waals surface area contributed by atoms with Crippen molar-refractivity contribution in [2.75, 3.05) is 11.1 Å². The van der Waals surface area contributed by atoms with E-state index in [4.69, 9.17) is 5.73 Å². The van der Waals surface area contributed by atoms with Crippen LogP contribution in [-0.2, 0) is 4.79 Å². The Kier molecular flexibility index (Phi) is 4.93. The summed E-state index contributed by atoms with van der Waals surface area (Å²) in [5.41, 5.74) is 7.95. The number of carbonyl (C=O) groups is 1. The Balaban J connectivity index is 2.25. The predicted molar refractivity (Wildman–Crippen MR) is 85.9 cm³/mol. The van der Waals surface area contributed by atoms with Crippen LogP contribution in [-0.4, -0.2) is 10.9 Å². The van der Waals surface area contributed by atoms with Crippen molar-refractivity contribution in [3.05, 3.63) is 54.4 Å². The SMILES string of the molecule is CCC(C)C(C(=O)Nc1ccncc1N)c1ccccc1. The maximum absolute atomic E-state index is 12.7. The number of amides is 1. The van der Waals surface area contributed by atoms with E-state index in [0.29, 0.717) is 11.4 Å². The van der Waals surface area contributed by atoms with Gasteiger partial charge < -0.3 is 11.1 Å². The third kappa shape index (κ3) is 3.60. The Hall–Kier alpha value is -2.36. The molecule has 0 fully saturated rings. The fourth-order valence-corrected chi connectivity index (χ4v) is 2.37. The Morgan fingerprint density at radius 2 is 2.00 bits per heavy atom. The van der Waals surface area contributed by atoms with Gasteiger partial charge in [0.25, 0.3) is 0 Å². The number of anilines is 2. The third-order valence-corrected chi connectivity index (χ3v) is 3.76. The van der Waals surface area contributed by atoms with Gasteiger partial charge in [0.1, 0.15) is 0 Å². The first-order valence-corrected chi connectivity index (χ1v) is 7.18. The lowest BCUT2D eigenvalue weighted by Gasteiger charge is -2.23. The lowest BCUT2D eigenvalue weighted by Crippen LogP contribution is -2.26. The molecule has 2 aromatic rings. The largest absolute Gasteiger partial charge is 0.396 e. The monoisotopic (exact) mass is 283 g/mol. The topological polar surface area (TPSA) is 68.0 Å². The minimum atomic E-state index is -0.191. The van der Waals surface area contributed by atoms with Gasteiger partial charge in [-0.15, -0.1) is 0 Å². The highest BCUT2D eigenvalue weighted by Crippen LogP contribution is 2.29. The first kappa shape index (κ1) is 15.0. The smallest absolute Gasteiger partial charge is 0.232 e. The van der Waals surface area contributed by atoms with E-state index in [1.54, 1.807) is 12.3 Å². The van der Waals surface area contributed by atoms with E-state index in [2.05, 4.69) is 24.1 Å². The molecule has 4 heteroatoms. The second-order valence-electron chi connectivity index (χ2n) is 5.23. The van der Waals surface area contributed by atoms with Crippen molar-refractivity contribution >= 4 is 17.3 Å². The van der Waals surface area contributed by atoms with Crippen LogP contribution in [0.25, 0.3) is 0 Å². The number of rotatable bonds is 5. The number of nitrogens with two attached hydrogens (primary N) is 1. The summed E-state index contributed by atoms with van der Waals surface area (Å²) < 4.78 is 0. The molecule has 21 heavy (non-hydrogen) atoms. The van der Waals surface area contributed by atoms with Gasteiger partial charge in [-0.1, -0.05) is 50.6 Å². The van der Waals surface area contributed by atoms with E-state index in [1.807, 2.05) is 30.3 Å². The van der Waals surface area contributed by atoms with Crippen LogP contribution >= 0.6 is 0 Å². The van der Waals surface area contributed by atoms with Gasteiger partial charge in [-0.25, -0.2) is 0 Å². The lowest BCUT2D eigenvalue weighted by molar-refractivity contribution is -0.118. The summed E-state index contributed by atoms with van der Waals surface area (Å²) in [5.74, 6) is 0.0210. The summed E-state index contributed by atoms with van der Waals surface area (Å²) >= 11 is 0. The number of pyridine rings is 1. The van der Waals surface area contributed by atoms with Gasteiger partial charge in [-0.3, -0.25) is 9.78 Å². The van der Waals surface area contributed by atoms with Crippen LogP contribution in [0.5, 0.6) is 0 Å². The predicted octanol–water partition coefficient (Wildman–Crippen LogP) is 3.43. The summed E-state index contributed by atoms with van der Waals surface area (Å²) in [5, 5.41) is 2.92. The van der Waals surface area contributed by atoms with Gasteiger partial charge in [0.15, 0.2) is 0 Å². The molecule has 0 saturated carbocycles. The van der Waals surface area contributed by atoms with E-state index in [9.17, 15) is 4.79 Å². The zero-order valence-corrected chi connectivity index (χ0v) is 12.4. The number of carbonyl (C=O) groups excluding carboxylic acids is 1. The van der Waals surface area contributed by atoms with Crippen molar-refractivity contribution in [3.8, 4) is 0 Å². The number of benzene rings is 1. The lowest BCUT2D eigenvalue weighted by atomic mass is 9.85. The molecule has 1 aromatic carbocycles. The average molecular weight is 283 g/mol. The molecular formula is C17H21N3O. The molecule has 1 heterocycles. The van der Waals surface area contributed by atoms with E-state index in [1.165, 1.54) is 6.20 Å². The van der Waals surface area contributed by atoms with Crippen molar-refractivity contribution in [2.45, 2.75) is 26.2 Å². The summed E-state index contributed by atoms with van der Waals surface area (Å²) in [4.78, 5) is 16.6. The highest BCUT2D eigenvalue weighted by Gasteiger charge is 2.26. The van der Waals surface area contributed by atoms with Crippen molar-refractivity contribution in [3.63, 3.8) is 0 Å². The molecule has 0 aliphatic rings. The van der Waals surface area contributed by atoms with Crippen LogP contribution < -0.4 is 11.1 Å². The zero-order chi connectivity index (χ0) is 15.2. The van der Waals surface area contributed by atoms with Crippen molar-refractivity contribution in [1.29, 1.82) is 0 Å². The normalized spacial score (nSPS) is 13.4. The number of hydrogen-bond acceptors (Lipinski definition) is 3. The highest BCUT2D eigenvalue weighted by molar-refractivity contribution is 5.98. The standard InChI is InChI=1S/C17H21N3O/c1-3-12(2)16(13-7-5-4-6-8-13)17(21)20-15-9-10-19-11-14(15)18/h4-12,16H,3,18H2,1-2H3,(H,19,20,21). The Morgan fingerprint density at radius 3 is 2.62 bits per heavy atom. The maximum Gasteiger partial charge on any atom is 0.232 e. The summed E-state index contributed by atoms with van der Waals surface area (Å²) in [6.45, 7) is 4.18. The van der Waals surface area contributed by atoms with E-state index >= 15 is 0 Å². The van der Waals surface area contributed by atoms with E-state index < -0.39 is 0 Å². The quantitative estimate of drug-likeness (QED) is 0.883. The van der Waals surface area contributed by atoms with Crippen LogP contribution in [0.3, 0.4) is 0 Å². The molecule has 1 aromatic heterocycles. The third-order valence-electron chi connectivity index (χ3n) is 3.76. The van der Waals surface area contributed by atoms with Crippen LogP contribution in [0.4, 0.5) is 11.4 Å². The van der Waals surface area contributed by atoms with Crippen LogP contribution in [0, 0.1) is 5.92 Å². The van der Waals surface area contributed by atoms with Gasteiger partial charge in [0.2, 0.25) is 5.91 Å². The fraction of sp³-hybridized carbons (Fsp3) is 0.294. The Labute approximate surface area is 125 Å². The van der Waals surface area contributed by atoms with E-state index in [-0.39, 0.29) is 17.7 Å². The minimum Gasteiger partial charge on any atom is -0.396 e. The molecule has 0 aliphatic carbocycles.